The third kappa shape index (κ3) is 1.93. The minimum Gasteiger partial charge on any atom is -0.334 e. The van der Waals surface area contributed by atoms with Crippen LogP contribution in [0, 0.1) is 5.41 Å². The van der Waals surface area contributed by atoms with Crippen LogP contribution in [0.25, 0.3) is 0 Å². The summed E-state index contributed by atoms with van der Waals surface area (Å²) in [5, 5.41) is 0. The lowest BCUT2D eigenvalue weighted by Gasteiger charge is -2.34. The van der Waals surface area contributed by atoms with Crippen LogP contribution >= 0.6 is 0 Å². The zero-order valence-electron chi connectivity index (χ0n) is 8.53. The van der Waals surface area contributed by atoms with Crippen molar-refractivity contribution in [2.45, 2.75) is 45.6 Å². The smallest absolute Gasteiger partial charge is 0.0948 e. The standard InChI is InChI=1S/C11H18N2/c1-11(2)5-3-10(4-6-11)13-8-7-12-9-13/h7-10H,3-6H2,1-2H3. The summed E-state index contributed by atoms with van der Waals surface area (Å²) >= 11 is 0. The van der Waals surface area contributed by atoms with E-state index in [0.717, 1.165) is 0 Å². The molecule has 0 radical (unpaired) electrons. The van der Waals surface area contributed by atoms with Gasteiger partial charge >= 0.3 is 0 Å². The van der Waals surface area contributed by atoms with E-state index in [4.69, 9.17) is 0 Å². The van der Waals surface area contributed by atoms with Crippen LogP contribution in [0.5, 0.6) is 0 Å². The van der Waals surface area contributed by atoms with E-state index < -0.39 is 0 Å². The molecule has 0 unspecified atom stereocenters. The Morgan fingerprint density at radius 1 is 1.31 bits per heavy atom. The van der Waals surface area contributed by atoms with Crippen molar-refractivity contribution in [3.05, 3.63) is 18.7 Å². The molecule has 1 aromatic rings. The fourth-order valence-electron chi connectivity index (χ4n) is 2.17. The van der Waals surface area contributed by atoms with Crippen molar-refractivity contribution in [2.75, 3.05) is 0 Å². The van der Waals surface area contributed by atoms with Crippen LogP contribution in [0.2, 0.25) is 0 Å². The van der Waals surface area contributed by atoms with Crippen LogP contribution in [0.4, 0.5) is 0 Å². The molecule has 0 saturated heterocycles. The fraction of sp³-hybridized carbons (Fsp3) is 0.727. The zero-order chi connectivity index (χ0) is 9.31. The minimum atomic E-state index is 0.567. The Bertz CT molecular complexity index is 252. The summed E-state index contributed by atoms with van der Waals surface area (Å²) in [7, 11) is 0. The van der Waals surface area contributed by atoms with Crippen molar-refractivity contribution >= 4 is 0 Å². The number of hydrogen-bond acceptors (Lipinski definition) is 1. The second kappa shape index (κ2) is 3.17. The maximum Gasteiger partial charge on any atom is 0.0948 e. The van der Waals surface area contributed by atoms with Crippen molar-refractivity contribution in [3.63, 3.8) is 0 Å². The average Bonchev–Trinajstić information content (AvgIpc) is 2.56. The SMILES string of the molecule is CC1(C)CCC(n2ccnc2)CC1. The van der Waals surface area contributed by atoms with Crippen LogP contribution in [0.3, 0.4) is 0 Å². The van der Waals surface area contributed by atoms with E-state index in [9.17, 15) is 0 Å². The molecule has 0 spiro atoms. The van der Waals surface area contributed by atoms with Crippen molar-refractivity contribution in [3.8, 4) is 0 Å². The topological polar surface area (TPSA) is 17.8 Å². The summed E-state index contributed by atoms with van der Waals surface area (Å²) in [5.74, 6) is 0. The highest BCUT2D eigenvalue weighted by atomic mass is 15.0. The van der Waals surface area contributed by atoms with Crippen LogP contribution in [-0.2, 0) is 0 Å². The second-order valence-corrected chi connectivity index (χ2v) is 4.91. The number of rotatable bonds is 1. The normalized spacial score (nSPS) is 23.2. The molecule has 2 nitrogen and oxygen atoms in total. The van der Waals surface area contributed by atoms with E-state index in [1.807, 2.05) is 12.5 Å². The molecule has 1 aliphatic rings. The molecular formula is C11H18N2. The van der Waals surface area contributed by atoms with Crippen LogP contribution in [0.15, 0.2) is 18.7 Å². The van der Waals surface area contributed by atoms with Gasteiger partial charge in [-0.3, -0.25) is 0 Å². The molecule has 1 heterocycles. The third-order valence-electron chi connectivity index (χ3n) is 3.26. The Hall–Kier alpha value is -0.790. The van der Waals surface area contributed by atoms with Crippen LogP contribution < -0.4 is 0 Å². The first kappa shape index (κ1) is 8.79. The van der Waals surface area contributed by atoms with E-state index in [2.05, 4.69) is 29.6 Å². The molecule has 0 aromatic carbocycles. The molecule has 0 bridgehead atoms. The molecular weight excluding hydrogens is 160 g/mol. The monoisotopic (exact) mass is 178 g/mol. The summed E-state index contributed by atoms with van der Waals surface area (Å²) < 4.78 is 2.26. The Labute approximate surface area is 80.0 Å². The Kier molecular flexibility index (Phi) is 2.14. The van der Waals surface area contributed by atoms with Gasteiger partial charge in [0.05, 0.1) is 6.33 Å². The fourth-order valence-corrected chi connectivity index (χ4v) is 2.17. The maximum absolute atomic E-state index is 4.10. The molecule has 1 saturated carbocycles. The van der Waals surface area contributed by atoms with Gasteiger partial charge in [-0.1, -0.05) is 13.8 Å². The number of imidazole rings is 1. The largest absolute Gasteiger partial charge is 0.334 e. The molecule has 2 rings (SSSR count). The summed E-state index contributed by atoms with van der Waals surface area (Å²) in [6.45, 7) is 4.74. The average molecular weight is 178 g/mol. The first-order chi connectivity index (χ1) is 6.17. The van der Waals surface area contributed by atoms with Crippen molar-refractivity contribution in [1.29, 1.82) is 0 Å². The van der Waals surface area contributed by atoms with Crippen LogP contribution in [0.1, 0.15) is 45.6 Å². The summed E-state index contributed by atoms with van der Waals surface area (Å²) in [4.78, 5) is 4.10. The third-order valence-corrected chi connectivity index (χ3v) is 3.26. The highest BCUT2D eigenvalue weighted by Gasteiger charge is 2.27. The number of aromatic nitrogens is 2. The van der Waals surface area contributed by atoms with Gasteiger partial charge in [-0.2, -0.15) is 0 Å². The highest BCUT2D eigenvalue weighted by molar-refractivity contribution is 4.86. The lowest BCUT2D eigenvalue weighted by Crippen LogP contribution is -2.22. The van der Waals surface area contributed by atoms with Crippen molar-refractivity contribution in [1.82, 2.24) is 9.55 Å². The Balaban J connectivity index is 1.99. The lowest BCUT2D eigenvalue weighted by molar-refractivity contribution is 0.193. The van der Waals surface area contributed by atoms with Gasteiger partial charge in [0, 0.05) is 18.4 Å². The number of nitrogens with zero attached hydrogens (tertiary/aromatic N) is 2. The van der Waals surface area contributed by atoms with Crippen LogP contribution in [-0.4, -0.2) is 9.55 Å². The molecule has 1 fully saturated rings. The lowest BCUT2D eigenvalue weighted by atomic mass is 9.75. The molecule has 2 heteroatoms. The van der Waals surface area contributed by atoms with Crippen molar-refractivity contribution < 1.29 is 0 Å². The van der Waals surface area contributed by atoms with E-state index >= 15 is 0 Å². The van der Waals surface area contributed by atoms with Gasteiger partial charge in [0.25, 0.3) is 0 Å². The van der Waals surface area contributed by atoms with Gasteiger partial charge in [-0.15, -0.1) is 0 Å². The van der Waals surface area contributed by atoms with Gasteiger partial charge in [-0.25, -0.2) is 4.98 Å². The number of hydrogen-bond donors (Lipinski definition) is 0. The first-order valence-corrected chi connectivity index (χ1v) is 5.15. The molecule has 72 valence electrons. The predicted molar refractivity (Wildman–Crippen MR) is 53.5 cm³/mol. The molecule has 0 amide bonds. The molecule has 1 aromatic heterocycles. The summed E-state index contributed by atoms with van der Waals surface area (Å²) in [6.07, 6.45) is 11.2. The highest BCUT2D eigenvalue weighted by Crippen LogP contribution is 2.39. The molecule has 0 N–H and O–H groups in total. The van der Waals surface area contributed by atoms with E-state index in [1.165, 1.54) is 25.7 Å². The zero-order valence-corrected chi connectivity index (χ0v) is 8.53. The minimum absolute atomic E-state index is 0.567. The molecule has 1 aliphatic carbocycles. The quantitative estimate of drug-likeness (QED) is 0.646. The van der Waals surface area contributed by atoms with Gasteiger partial charge in [0.1, 0.15) is 0 Å². The van der Waals surface area contributed by atoms with Crippen molar-refractivity contribution in [2.24, 2.45) is 5.41 Å². The van der Waals surface area contributed by atoms with Gasteiger partial charge in [0.2, 0.25) is 0 Å². The first-order valence-electron chi connectivity index (χ1n) is 5.15. The molecule has 0 atom stereocenters. The summed E-state index contributed by atoms with van der Waals surface area (Å²) in [6, 6.07) is 0.704. The van der Waals surface area contributed by atoms with E-state index in [1.54, 1.807) is 0 Å². The Morgan fingerprint density at radius 3 is 2.54 bits per heavy atom. The Morgan fingerprint density at radius 2 is 2.00 bits per heavy atom. The van der Waals surface area contributed by atoms with Gasteiger partial charge in [-0.05, 0) is 31.1 Å². The molecule has 0 aliphatic heterocycles. The predicted octanol–water partition coefficient (Wildman–Crippen LogP) is 3.02. The van der Waals surface area contributed by atoms with Gasteiger partial charge < -0.3 is 4.57 Å². The van der Waals surface area contributed by atoms with Gasteiger partial charge in [0.15, 0.2) is 0 Å². The second-order valence-electron chi connectivity index (χ2n) is 4.91. The van der Waals surface area contributed by atoms with E-state index in [0.29, 0.717) is 11.5 Å². The maximum atomic E-state index is 4.10. The van der Waals surface area contributed by atoms with E-state index in [-0.39, 0.29) is 0 Å². The summed E-state index contributed by atoms with van der Waals surface area (Å²) in [5.41, 5.74) is 0.567. The molecule has 13 heavy (non-hydrogen) atoms.